The molecule has 0 spiro atoms. The van der Waals surface area contributed by atoms with Gasteiger partial charge in [-0.05, 0) is 30.2 Å². The number of amides is 1. The van der Waals surface area contributed by atoms with Gasteiger partial charge in [-0.25, -0.2) is 4.39 Å². The number of H-pyrrole nitrogens is 1. The third-order valence-electron chi connectivity index (χ3n) is 3.68. The number of rotatable bonds is 8. The minimum absolute atomic E-state index is 0.127. The third-order valence-corrected chi connectivity index (χ3v) is 3.68. The van der Waals surface area contributed by atoms with Gasteiger partial charge in [-0.1, -0.05) is 0 Å². The van der Waals surface area contributed by atoms with Crippen LogP contribution >= 0.6 is 0 Å². The van der Waals surface area contributed by atoms with E-state index in [0.29, 0.717) is 32.1 Å². The third kappa shape index (κ3) is 5.75. The van der Waals surface area contributed by atoms with Gasteiger partial charge in [0.15, 0.2) is 5.96 Å². The Hall–Kier alpha value is -2.61. The van der Waals surface area contributed by atoms with Crippen LogP contribution in [0.2, 0.25) is 0 Å². The molecule has 1 heterocycles. The molecular formula is C17H24FN5O2. The average molecular weight is 349 g/mol. The predicted molar refractivity (Wildman–Crippen MR) is 96.2 cm³/mol. The maximum absolute atomic E-state index is 13.4. The zero-order valence-corrected chi connectivity index (χ0v) is 14.5. The number of aromatic amines is 1. The molecule has 0 saturated heterocycles. The number of aromatic nitrogens is 1. The van der Waals surface area contributed by atoms with Crippen LogP contribution in [-0.4, -0.2) is 57.2 Å². The summed E-state index contributed by atoms with van der Waals surface area (Å²) in [7, 11) is 3.22. The smallest absolute Gasteiger partial charge is 0.239 e. The fraction of sp³-hybridized carbons (Fsp3) is 0.412. The number of fused-ring (bicyclic) bond motifs is 1. The van der Waals surface area contributed by atoms with Crippen LogP contribution in [0.5, 0.6) is 0 Å². The first-order chi connectivity index (χ1) is 12.1. The lowest BCUT2D eigenvalue weighted by atomic mass is 10.1. The maximum Gasteiger partial charge on any atom is 0.239 e. The number of aliphatic imine (C=N–C) groups is 1. The van der Waals surface area contributed by atoms with E-state index >= 15 is 0 Å². The van der Waals surface area contributed by atoms with Crippen LogP contribution in [0.3, 0.4) is 0 Å². The quantitative estimate of drug-likeness (QED) is 0.322. The number of guanidine groups is 1. The highest BCUT2D eigenvalue weighted by Crippen LogP contribution is 2.19. The molecule has 136 valence electrons. The van der Waals surface area contributed by atoms with Crippen molar-refractivity contribution >= 4 is 22.8 Å². The zero-order valence-electron chi connectivity index (χ0n) is 14.5. The van der Waals surface area contributed by atoms with E-state index in [1.54, 1.807) is 20.2 Å². The number of hydrogen-bond donors (Lipinski definition) is 4. The highest BCUT2D eigenvalue weighted by molar-refractivity contribution is 5.86. The van der Waals surface area contributed by atoms with Crippen LogP contribution in [0.1, 0.15) is 5.56 Å². The Labute approximate surface area is 146 Å². The van der Waals surface area contributed by atoms with E-state index in [1.807, 2.05) is 6.20 Å². The van der Waals surface area contributed by atoms with E-state index in [9.17, 15) is 9.18 Å². The van der Waals surface area contributed by atoms with E-state index in [4.69, 9.17) is 4.74 Å². The molecule has 0 aliphatic carbocycles. The molecule has 2 aromatic rings. The van der Waals surface area contributed by atoms with Gasteiger partial charge in [0.25, 0.3) is 0 Å². The van der Waals surface area contributed by atoms with Crippen molar-refractivity contribution in [2.75, 3.05) is 40.4 Å². The fourth-order valence-electron chi connectivity index (χ4n) is 2.41. The SMILES string of the molecule is CN=C(NCCc1c[nH]c2ccc(F)cc12)NCC(=O)NCCOC. The maximum atomic E-state index is 13.4. The van der Waals surface area contributed by atoms with Crippen LogP contribution in [-0.2, 0) is 16.0 Å². The first kappa shape index (κ1) is 18.7. The van der Waals surface area contributed by atoms with E-state index in [2.05, 4.69) is 25.9 Å². The number of carbonyl (C=O) groups is 1. The molecule has 0 aliphatic heterocycles. The van der Waals surface area contributed by atoms with Crippen LogP contribution in [0.25, 0.3) is 10.9 Å². The van der Waals surface area contributed by atoms with Gasteiger partial charge in [-0.15, -0.1) is 0 Å². The molecule has 0 bridgehead atoms. The van der Waals surface area contributed by atoms with Crippen molar-refractivity contribution < 1.29 is 13.9 Å². The molecular weight excluding hydrogens is 325 g/mol. The second kappa shape index (κ2) is 9.63. The molecule has 1 aromatic carbocycles. The average Bonchev–Trinajstić information content (AvgIpc) is 3.00. The molecule has 25 heavy (non-hydrogen) atoms. The molecule has 0 radical (unpaired) electrons. The zero-order chi connectivity index (χ0) is 18.1. The van der Waals surface area contributed by atoms with Crippen molar-refractivity contribution in [2.45, 2.75) is 6.42 Å². The van der Waals surface area contributed by atoms with Gasteiger partial charge in [0, 0.05) is 44.3 Å². The van der Waals surface area contributed by atoms with Crippen LogP contribution < -0.4 is 16.0 Å². The Morgan fingerprint density at radius 1 is 1.28 bits per heavy atom. The summed E-state index contributed by atoms with van der Waals surface area (Å²) in [6.07, 6.45) is 2.58. The Kier molecular flexibility index (Phi) is 7.21. The number of hydrogen-bond acceptors (Lipinski definition) is 3. The van der Waals surface area contributed by atoms with Crippen molar-refractivity contribution in [2.24, 2.45) is 4.99 Å². The van der Waals surface area contributed by atoms with Crippen LogP contribution in [0.15, 0.2) is 29.4 Å². The van der Waals surface area contributed by atoms with E-state index in [1.165, 1.54) is 12.1 Å². The van der Waals surface area contributed by atoms with Gasteiger partial charge in [-0.3, -0.25) is 9.79 Å². The summed E-state index contributed by atoms with van der Waals surface area (Å²) < 4.78 is 18.3. The molecule has 0 fully saturated rings. The van der Waals surface area contributed by atoms with Crippen molar-refractivity contribution in [3.05, 3.63) is 35.8 Å². The van der Waals surface area contributed by atoms with Crippen molar-refractivity contribution in [1.82, 2.24) is 20.9 Å². The number of benzene rings is 1. The molecule has 0 saturated carbocycles. The Morgan fingerprint density at radius 2 is 2.12 bits per heavy atom. The first-order valence-corrected chi connectivity index (χ1v) is 8.09. The molecule has 7 nitrogen and oxygen atoms in total. The summed E-state index contributed by atoms with van der Waals surface area (Å²) >= 11 is 0. The van der Waals surface area contributed by atoms with Gasteiger partial charge in [-0.2, -0.15) is 0 Å². The Morgan fingerprint density at radius 3 is 2.88 bits per heavy atom. The number of carbonyl (C=O) groups excluding carboxylic acids is 1. The lowest BCUT2D eigenvalue weighted by molar-refractivity contribution is -0.120. The second-order valence-electron chi connectivity index (χ2n) is 5.45. The lowest BCUT2D eigenvalue weighted by Gasteiger charge is -2.11. The minimum atomic E-state index is -0.252. The summed E-state index contributed by atoms with van der Waals surface area (Å²) in [5.41, 5.74) is 1.93. The normalized spacial score (nSPS) is 11.6. The summed E-state index contributed by atoms with van der Waals surface area (Å²) in [5.74, 6) is 0.151. The molecule has 0 unspecified atom stereocenters. The number of nitrogens with zero attached hydrogens (tertiary/aromatic N) is 1. The molecule has 0 atom stereocenters. The fourth-order valence-corrected chi connectivity index (χ4v) is 2.41. The number of methoxy groups -OCH3 is 1. The van der Waals surface area contributed by atoms with Crippen molar-refractivity contribution in [1.29, 1.82) is 0 Å². The molecule has 8 heteroatoms. The van der Waals surface area contributed by atoms with Gasteiger partial charge in [0.1, 0.15) is 5.82 Å². The van der Waals surface area contributed by atoms with Gasteiger partial charge in [0.2, 0.25) is 5.91 Å². The molecule has 1 amide bonds. The molecule has 1 aromatic heterocycles. The monoisotopic (exact) mass is 349 g/mol. The van der Waals surface area contributed by atoms with E-state index in [-0.39, 0.29) is 18.3 Å². The standard InChI is InChI=1S/C17H24FN5O2/c1-19-17(23-11-16(24)20-7-8-25-2)21-6-5-12-10-22-15-4-3-13(18)9-14(12)15/h3-4,9-10,22H,5-8,11H2,1-2H3,(H,20,24)(H2,19,21,23). The molecule has 0 aliphatic rings. The van der Waals surface area contributed by atoms with E-state index < -0.39 is 0 Å². The van der Waals surface area contributed by atoms with Crippen molar-refractivity contribution in [3.63, 3.8) is 0 Å². The number of halogens is 1. The summed E-state index contributed by atoms with van der Waals surface area (Å²) in [5, 5.41) is 9.67. The van der Waals surface area contributed by atoms with Crippen LogP contribution in [0.4, 0.5) is 4.39 Å². The predicted octanol–water partition coefficient (Wildman–Crippen LogP) is 0.777. The molecule has 4 N–H and O–H groups in total. The lowest BCUT2D eigenvalue weighted by Crippen LogP contribution is -2.44. The minimum Gasteiger partial charge on any atom is -0.383 e. The largest absolute Gasteiger partial charge is 0.383 e. The summed E-state index contributed by atoms with van der Waals surface area (Å²) in [6, 6.07) is 4.69. The number of nitrogens with one attached hydrogen (secondary N) is 4. The second-order valence-corrected chi connectivity index (χ2v) is 5.45. The first-order valence-electron chi connectivity index (χ1n) is 8.09. The molecule has 2 rings (SSSR count). The summed E-state index contributed by atoms with van der Waals surface area (Å²) in [6.45, 7) is 1.68. The van der Waals surface area contributed by atoms with Gasteiger partial charge < -0.3 is 25.7 Å². The van der Waals surface area contributed by atoms with Crippen LogP contribution in [0, 0.1) is 5.82 Å². The number of ether oxygens (including phenoxy) is 1. The topological polar surface area (TPSA) is 90.5 Å². The Bertz CT molecular complexity index is 729. The van der Waals surface area contributed by atoms with E-state index in [0.717, 1.165) is 16.5 Å². The highest BCUT2D eigenvalue weighted by Gasteiger charge is 2.06. The summed E-state index contributed by atoms with van der Waals surface area (Å²) in [4.78, 5) is 18.8. The highest BCUT2D eigenvalue weighted by atomic mass is 19.1. The Balaban J connectivity index is 1.77. The van der Waals surface area contributed by atoms with Crippen molar-refractivity contribution in [3.8, 4) is 0 Å². The van der Waals surface area contributed by atoms with Gasteiger partial charge in [0.05, 0.1) is 13.2 Å². The van der Waals surface area contributed by atoms with Gasteiger partial charge >= 0.3 is 0 Å².